The summed E-state index contributed by atoms with van der Waals surface area (Å²) < 4.78 is 1.30. The second kappa shape index (κ2) is 5.73. The predicted molar refractivity (Wildman–Crippen MR) is 72.7 cm³/mol. The van der Waals surface area contributed by atoms with Gasteiger partial charge < -0.3 is 5.73 Å². The topological polar surface area (TPSA) is 26.0 Å². The first-order chi connectivity index (χ1) is 7.78. The van der Waals surface area contributed by atoms with E-state index in [1.807, 2.05) is 24.3 Å². The average molecular weight is 270 g/mol. The average Bonchev–Trinajstić information content (AvgIpc) is 2.70. The minimum atomic E-state index is 0.714. The van der Waals surface area contributed by atoms with Crippen molar-refractivity contribution in [2.75, 3.05) is 6.54 Å². The molecule has 1 nitrogen and oxygen atoms in total. The smallest absolute Gasteiger partial charge is 0.0649 e. The second-order valence-electron chi connectivity index (χ2n) is 3.32. The maximum atomic E-state index is 5.84. The number of halogens is 1. The quantitative estimate of drug-likeness (QED) is 0.906. The largest absolute Gasteiger partial charge is 0.330 e. The van der Waals surface area contributed by atoms with E-state index in [0.717, 1.165) is 11.4 Å². The number of hydrogen-bond donors (Lipinski definition) is 1. The van der Waals surface area contributed by atoms with Gasteiger partial charge in [0.25, 0.3) is 0 Å². The molecule has 0 aliphatic carbocycles. The van der Waals surface area contributed by atoms with Crippen molar-refractivity contribution in [1.29, 1.82) is 0 Å². The van der Waals surface area contributed by atoms with Crippen LogP contribution in [0.25, 0.3) is 0 Å². The molecule has 0 fully saturated rings. The molecule has 0 saturated heterocycles. The van der Waals surface area contributed by atoms with Crippen LogP contribution < -0.4 is 5.73 Å². The van der Waals surface area contributed by atoms with Gasteiger partial charge >= 0.3 is 0 Å². The van der Waals surface area contributed by atoms with Crippen molar-refractivity contribution in [3.8, 4) is 0 Å². The molecule has 16 heavy (non-hydrogen) atoms. The Morgan fingerprint density at radius 3 is 2.56 bits per heavy atom. The summed E-state index contributed by atoms with van der Waals surface area (Å²) in [5.74, 6) is 0. The zero-order chi connectivity index (χ0) is 11.4. The molecule has 0 spiro atoms. The summed E-state index contributed by atoms with van der Waals surface area (Å²) in [7, 11) is 0. The van der Waals surface area contributed by atoms with Crippen LogP contribution in [0.1, 0.15) is 4.88 Å². The van der Waals surface area contributed by atoms with E-state index in [4.69, 9.17) is 17.3 Å². The van der Waals surface area contributed by atoms with Gasteiger partial charge in [0.1, 0.15) is 0 Å². The lowest BCUT2D eigenvalue weighted by molar-refractivity contribution is 0.989. The number of thiophene rings is 1. The molecule has 1 heterocycles. The van der Waals surface area contributed by atoms with Crippen molar-refractivity contribution in [2.45, 2.75) is 15.5 Å². The predicted octanol–water partition coefficient (Wildman–Crippen LogP) is 4.05. The summed E-state index contributed by atoms with van der Waals surface area (Å²) >= 11 is 9.41. The number of hydrogen-bond acceptors (Lipinski definition) is 3. The highest BCUT2D eigenvalue weighted by atomic mass is 35.5. The van der Waals surface area contributed by atoms with Crippen LogP contribution in [0.2, 0.25) is 5.02 Å². The molecule has 0 aliphatic heterocycles. The number of nitrogens with two attached hydrogens (primary N) is 1. The fourth-order valence-corrected chi connectivity index (χ4v) is 3.60. The van der Waals surface area contributed by atoms with Gasteiger partial charge in [0.2, 0.25) is 0 Å². The molecule has 0 radical (unpaired) electrons. The van der Waals surface area contributed by atoms with Gasteiger partial charge in [0.15, 0.2) is 0 Å². The van der Waals surface area contributed by atoms with Gasteiger partial charge in [-0.05, 0) is 49.4 Å². The van der Waals surface area contributed by atoms with Gasteiger partial charge in [-0.2, -0.15) is 0 Å². The van der Waals surface area contributed by atoms with Gasteiger partial charge in [-0.1, -0.05) is 23.4 Å². The Balaban J connectivity index is 2.05. The number of benzene rings is 1. The molecule has 4 heteroatoms. The van der Waals surface area contributed by atoms with Gasteiger partial charge in [0, 0.05) is 14.8 Å². The van der Waals surface area contributed by atoms with Gasteiger partial charge in [0.05, 0.1) is 4.21 Å². The van der Waals surface area contributed by atoms with Crippen LogP contribution in [-0.2, 0) is 6.42 Å². The Hall–Kier alpha value is -0.480. The maximum Gasteiger partial charge on any atom is 0.0649 e. The Kier molecular flexibility index (Phi) is 4.29. The van der Waals surface area contributed by atoms with Gasteiger partial charge in [-0.25, -0.2) is 0 Å². The highest BCUT2D eigenvalue weighted by Crippen LogP contribution is 2.33. The molecule has 2 aromatic rings. The minimum Gasteiger partial charge on any atom is -0.330 e. The Bertz CT molecular complexity index is 450. The lowest BCUT2D eigenvalue weighted by atomic mass is 10.3. The third-order valence-corrected chi connectivity index (χ3v) is 4.60. The molecule has 0 bridgehead atoms. The third kappa shape index (κ3) is 3.25. The molecule has 1 aromatic heterocycles. The van der Waals surface area contributed by atoms with E-state index < -0.39 is 0 Å². The third-order valence-electron chi connectivity index (χ3n) is 2.06. The highest BCUT2D eigenvalue weighted by molar-refractivity contribution is 8.01. The second-order valence-corrected chi connectivity index (χ2v) is 6.29. The van der Waals surface area contributed by atoms with Crippen LogP contribution in [0, 0.1) is 0 Å². The molecule has 1 aromatic carbocycles. The standard InChI is InChI=1S/C12H12ClNS2/c13-9-1-3-10(4-2-9)15-12-6-5-11(16-12)7-8-14/h1-6H,7-8,14H2. The van der Waals surface area contributed by atoms with E-state index in [9.17, 15) is 0 Å². The van der Waals surface area contributed by atoms with Crippen molar-refractivity contribution in [3.63, 3.8) is 0 Å². The van der Waals surface area contributed by atoms with Crippen molar-refractivity contribution in [1.82, 2.24) is 0 Å². The fraction of sp³-hybridized carbons (Fsp3) is 0.167. The van der Waals surface area contributed by atoms with Crippen LogP contribution in [0.4, 0.5) is 0 Å². The van der Waals surface area contributed by atoms with E-state index >= 15 is 0 Å². The van der Waals surface area contributed by atoms with E-state index in [-0.39, 0.29) is 0 Å². The lowest BCUT2D eigenvalue weighted by Crippen LogP contribution is -2.00. The van der Waals surface area contributed by atoms with Crippen molar-refractivity contribution < 1.29 is 0 Å². The lowest BCUT2D eigenvalue weighted by Gasteiger charge is -1.98. The van der Waals surface area contributed by atoms with E-state index in [1.54, 1.807) is 23.1 Å². The molecule has 0 saturated carbocycles. The van der Waals surface area contributed by atoms with Crippen LogP contribution >= 0.6 is 34.7 Å². The molecule has 0 atom stereocenters. The first-order valence-corrected chi connectivity index (χ1v) is 7.01. The molecule has 84 valence electrons. The number of rotatable bonds is 4. The Morgan fingerprint density at radius 2 is 1.88 bits per heavy atom. The van der Waals surface area contributed by atoms with Crippen molar-refractivity contribution >= 4 is 34.7 Å². The summed E-state index contributed by atoms with van der Waals surface area (Å²) in [6.07, 6.45) is 0.964. The monoisotopic (exact) mass is 269 g/mol. The van der Waals surface area contributed by atoms with Crippen molar-refractivity contribution in [3.05, 3.63) is 46.3 Å². The van der Waals surface area contributed by atoms with Crippen LogP contribution in [0.5, 0.6) is 0 Å². The summed E-state index contributed by atoms with van der Waals surface area (Å²) in [5, 5.41) is 0.777. The Labute approximate surface area is 109 Å². The van der Waals surface area contributed by atoms with E-state index in [1.165, 1.54) is 14.0 Å². The highest BCUT2D eigenvalue weighted by Gasteiger charge is 2.01. The minimum absolute atomic E-state index is 0.714. The maximum absolute atomic E-state index is 5.84. The summed E-state index contributed by atoms with van der Waals surface area (Å²) in [6, 6.07) is 12.2. The SMILES string of the molecule is NCCc1ccc(Sc2ccc(Cl)cc2)s1. The fourth-order valence-electron chi connectivity index (χ4n) is 1.31. The van der Waals surface area contributed by atoms with Crippen LogP contribution in [-0.4, -0.2) is 6.54 Å². The van der Waals surface area contributed by atoms with Gasteiger partial charge in [-0.3, -0.25) is 0 Å². The van der Waals surface area contributed by atoms with Crippen LogP contribution in [0.15, 0.2) is 45.5 Å². The van der Waals surface area contributed by atoms with E-state index in [0.29, 0.717) is 6.54 Å². The van der Waals surface area contributed by atoms with E-state index in [2.05, 4.69) is 12.1 Å². The molecule has 0 amide bonds. The molecular formula is C12H12ClNS2. The molecular weight excluding hydrogens is 258 g/mol. The molecule has 2 N–H and O–H groups in total. The van der Waals surface area contributed by atoms with Crippen LogP contribution in [0.3, 0.4) is 0 Å². The summed E-state index contributed by atoms with van der Waals surface area (Å²) in [4.78, 5) is 2.56. The molecule has 2 rings (SSSR count). The first-order valence-electron chi connectivity index (χ1n) is 5.00. The summed E-state index contributed by atoms with van der Waals surface area (Å²) in [5.41, 5.74) is 5.52. The normalized spacial score (nSPS) is 10.6. The molecule has 0 unspecified atom stereocenters. The summed E-state index contributed by atoms with van der Waals surface area (Å²) in [6.45, 7) is 0.714. The first kappa shape index (κ1) is 12.0. The Morgan fingerprint density at radius 1 is 1.12 bits per heavy atom. The zero-order valence-corrected chi connectivity index (χ0v) is 11.0. The van der Waals surface area contributed by atoms with Crippen molar-refractivity contribution in [2.24, 2.45) is 5.73 Å². The van der Waals surface area contributed by atoms with Gasteiger partial charge in [-0.15, -0.1) is 11.3 Å². The zero-order valence-electron chi connectivity index (χ0n) is 8.65. The molecule has 0 aliphatic rings.